The number of benzene rings is 1. The molecule has 3 N–H and O–H groups in total. The molecule has 0 saturated heterocycles. The average molecular weight is 417 g/mol. The molecule has 9 heteroatoms. The predicted octanol–water partition coefficient (Wildman–Crippen LogP) is 3.15. The van der Waals surface area contributed by atoms with Gasteiger partial charge in [-0.1, -0.05) is 30.3 Å². The molecule has 29 heavy (non-hydrogen) atoms. The molecule has 0 radical (unpaired) electrons. The molecule has 2 aromatic rings. The van der Waals surface area contributed by atoms with Crippen LogP contribution in [-0.2, 0) is 16.1 Å². The summed E-state index contributed by atoms with van der Waals surface area (Å²) < 4.78 is 0. The van der Waals surface area contributed by atoms with E-state index >= 15 is 0 Å². The Balaban J connectivity index is 1.96. The third kappa shape index (κ3) is 7.08. The Labute approximate surface area is 175 Å². The molecule has 154 valence electrons. The number of nitrogens with one attached hydrogen (secondary N) is 3. The fraction of sp³-hybridized carbons (Fsp3) is 0.300. The highest BCUT2D eigenvalue weighted by Crippen LogP contribution is 2.20. The molecular formula is C20H25ClN6O2. The largest absolute Gasteiger partial charge is 0.365 e. The van der Waals surface area contributed by atoms with Crippen LogP contribution in [0.3, 0.4) is 0 Å². The van der Waals surface area contributed by atoms with Crippen LogP contribution in [0.25, 0.3) is 0 Å². The Hall–Kier alpha value is -3.13. The van der Waals surface area contributed by atoms with E-state index in [9.17, 15) is 9.59 Å². The summed E-state index contributed by atoms with van der Waals surface area (Å²) in [4.78, 5) is 33.2. The Kier molecular flexibility index (Phi) is 8.42. The molecule has 2 amide bonds. The second-order valence-corrected chi connectivity index (χ2v) is 6.57. The molecule has 1 aromatic carbocycles. The van der Waals surface area contributed by atoms with Crippen LogP contribution in [0.1, 0.15) is 19.4 Å². The number of aromatic nitrogens is 2. The second kappa shape index (κ2) is 11.0. The first-order valence-electron chi connectivity index (χ1n) is 9.21. The topological polar surface area (TPSA) is 99.2 Å². The zero-order valence-corrected chi connectivity index (χ0v) is 17.3. The standard InChI is InChI=1S/C20H25ClN6O2/c1-4-18(29)25-16-8-6-7-15(11-16)12-23-19-17(21)13-24-20(26-19)22-9-10-27(5-2)14(3)28/h4,6-8,11,13H,1,5,9-10,12H2,2-3H3,(H,25,29)(H2,22,23,24,26). The molecule has 0 unspecified atom stereocenters. The maximum absolute atomic E-state index is 11.4. The molecule has 0 spiro atoms. The lowest BCUT2D eigenvalue weighted by Crippen LogP contribution is -2.33. The summed E-state index contributed by atoms with van der Waals surface area (Å²) in [6, 6.07) is 7.42. The first-order valence-corrected chi connectivity index (χ1v) is 9.59. The van der Waals surface area contributed by atoms with Crippen LogP contribution in [-0.4, -0.2) is 46.3 Å². The third-order valence-electron chi connectivity index (χ3n) is 4.08. The van der Waals surface area contributed by atoms with Crippen molar-refractivity contribution in [2.24, 2.45) is 0 Å². The van der Waals surface area contributed by atoms with Crippen molar-refractivity contribution >= 4 is 40.9 Å². The lowest BCUT2D eigenvalue weighted by molar-refractivity contribution is -0.128. The highest BCUT2D eigenvalue weighted by molar-refractivity contribution is 6.32. The van der Waals surface area contributed by atoms with Gasteiger partial charge in [0.25, 0.3) is 0 Å². The summed E-state index contributed by atoms with van der Waals surface area (Å²) in [7, 11) is 0. The summed E-state index contributed by atoms with van der Waals surface area (Å²) in [6.45, 7) is 9.11. The summed E-state index contributed by atoms with van der Waals surface area (Å²) in [6.07, 6.45) is 2.73. The predicted molar refractivity (Wildman–Crippen MR) is 116 cm³/mol. The number of likely N-dealkylation sites (N-methyl/N-ethyl adjacent to an activating group) is 1. The van der Waals surface area contributed by atoms with Crippen molar-refractivity contribution in [3.8, 4) is 0 Å². The van der Waals surface area contributed by atoms with Crippen LogP contribution in [0, 0.1) is 0 Å². The smallest absolute Gasteiger partial charge is 0.247 e. The quantitative estimate of drug-likeness (QED) is 0.514. The fourth-order valence-electron chi connectivity index (χ4n) is 2.56. The van der Waals surface area contributed by atoms with Gasteiger partial charge in [0.2, 0.25) is 17.8 Å². The van der Waals surface area contributed by atoms with Crippen LogP contribution >= 0.6 is 11.6 Å². The van der Waals surface area contributed by atoms with Gasteiger partial charge in [0.1, 0.15) is 5.02 Å². The van der Waals surface area contributed by atoms with E-state index in [0.717, 1.165) is 5.56 Å². The minimum atomic E-state index is -0.268. The lowest BCUT2D eigenvalue weighted by Gasteiger charge is -2.19. The molecule has 0 bridgehead atoms. The maximum atomic E-state index is 11.4. The SMILES string of the molecule is C=CC(=O)Nc1cccc(CNc2nc(NCCN(CC)C(C)=O)ncc2Cl)c1. The summed E-state index contributed by atoms with van der Waals surface area (Å²) in [5, 5.41) is 9.38. The van der Waals surface area contributed by atoms with Gasteiger partial charge in [-0.25, -0.2) is 4.98 Å². The molecule has 0 aliphatic heterocycles. The van der Waals surface area contributed by atoms with Crippen LogP contribution in [0.2, 0.25) is 5.02 Å². The van der Waals surface area contributed by atoms with E-state index in [1.807, 2.05) is 25.1 Å². The van der Waals surface area contributed by atoms with Crippen molar-refractivity contribution in [1.29, 1.82) is 0 Å². The van der Waals surface area contributed by atoms with E-state index in [2.05, 4.69) is 32.5 Å². The molecule has 0 aliphatic carbocycles. The van der Waals surface area contributed by atoms with E-state index < -0.39 is 0 Å². The zero-order chi connectivity index (χ0) is 21.2. The first-order chi connectivity index (χ1) is 13.9. The minimum absolute atomic E-state index is 0.0280. The number of carbonyl (C=O) groups is 2. The highest BCUT2D eigenvalue weighted by atomic mass is 35.5. The summed E-state index contributed by atoms with van der Waals surface area (Å²) in [5.41, 5.74) is 1.62. The Morgan fingerprint density at radius 3 is 2.79 bits per heavy atom. The number of amides is 2. The first kappa shape index (κ1) is 22.2. The zero-order valence-electron chi connectivity index (χ0n) is 16.5. The fourth-order valence-corrected chi connectivity index (χ4v) is 2.71. The van der Waals surface area contributed by atoms with Crippen molar-refractivity contribution in [3.05, 3.63) is 53.7 Å². The minimum Gasteiger partial charge on any atom is -0.365 e. The summed E-state index contributed by atoms with van der Waals surface area (Å²) in [5.74, 6) is 0.670. The van der Waals surface area contributed by atoms with E-state index in [1.54, 1.807) is 17.9 Å². The molecule has 1 heterocycles. The number of anilines is 3. The van der Waals surface area contributed by atoms with Crippen LogP contribution in [0.15, 0.2) is 43.1 Å². The molecule has 0 saturated carbocycles. The second-order valence-electron chi connectivity index (χ2n) is 6.16. The molecule has 0 atom stereocenters. The van der Waals surface area contributed by atoms with Crippen molar-refractivity contribution < 1.29 is 9.59 Å². The molecule has 0 fully saturated rings. The number of hydrogen-bond acceptors (Lipinski definition) is 6. The van der Waals surface area contributed by atoms with Gasteiger partial charge >= 0.3 is 0 Å². The van der Waals surface area contributed by atoms with Gasteiger partial charge in [0.15, 0.2) is 5.82 Å². The highest BCUT2D eigenvalue weighted by Gasteiger charge is 2.08. The van der Waals surface area contributed by atoms with Gasteiger partial charge < -0.3 is 20.9 Å². The van der Waals surface area contributed by atoms with Gasteiger partial charge in [-0.2, -0.15) is 4.98 Å². The van der Waals surface area contributed by atoms with E-state index in [1.165, 1.54) is 12.3 Å². The number of hydrogen-bond donors (Lipinski definition) is 3. The maximum Gasteiger partial charge on any atom is 0.247 e. The van der Waals surface area contributed by atoms with Gasteiger partial charge in [-0.05, 0) is 30.7 Å². The lowest BCUT2D eigenvalue weighted by atomic mass is 10.2. The van der Waals surface area contributed by atoms with Crippen molar-refractivity contribution in [2.75, 3.05) is 35.6 Å². The molecule has 0 aliphatic rings. The normalized spacial score (nSPS) is 10.2. The van der Waals surface area contributed by atoms with Crippen molar-refractivity contribution in [2.45, 2.75) is 20.4 Å². The Morgan fingerprint density at radius 2 is 2.10 bits per heavy atom. The van der Waals surface area contributed by atoms with Gasteiger partial charge in [-0.15, -0.1) is 0 Å². The molecule has 1 aromatic heterocycles. The van der Waals surface area contributed by atoms with Crippen molar-refractivity contribution in [3.63, 3.8) is 0 Å². The number of carbonyl (C=O) groups excluding carboxylic acids is 2. The van der Waals surface area contributed by atoms with Gasteiger partial charge in [-0.3, -0.25) is 9.59 Å². The number of nitrogens with zero attached hydrogens (tertiary/aromatic N) is 3. The monoisotopic (exact) mass is 416 g/mol. The average Bonchev–Trinajstić information content (AvgIpc) is 2.71. The molecular weight excluding hydrogens is 392 g/mol. The summed E-state index contributed by atoms with van der Waals surface area (Å²) >= 11 is 6.19. The van der Waals surface area contributed by atoms with Gasteiger partial charge in [0, 0.05) is 38.8 Å². The van der Waals surface area contributed by atoms with Crippen LogP contribution < -0.4 is 16.0 Å². The van der Waals surface area contributed by atoms with E-state index in [4.69, 9.17) is 11.6 Å². The third-order valence-corrected chi connectivity index (χ3v) is 4.35. The van der Waals surface area contributed by atoms with Crippen LogP contribution in [0.4, 0.5) is 17.5 Å². The van der Waals surface area contributed by atoms with Crippen LogP contribution in [0.5, 0.6) is 0 Å². The molecule has 2 rings (SSSR count). The number of rotatable bonds is 10. The van der Waals surface area contributed by atoms with E-state index in [0.29, 0.717) is 48.7 Å². The Bertz CT molecular complexity index is 874. The van der Waals surface area contributed by atoms with Crippen molar-refractivity contribution in [1.82, 2.24) is 14.9 Å². The van der Waals surface area contributed by atoms with E-state index in [-0.39, 0.29) is 11.8 Å². The Morgan fingerprint density at radius 1 is 1.31 bits per heavy atom. The molecule has 8 nitrogen and oxygen atoms in total. The van der Waals surface area contributed by atoms with Gasteiger partial charge in [0.05, 0.1) is 6.20 Å². The number of halogens is 1.